The average molecular weight is 386 g/mol. The highest BCUT2D eigenvalue weighted by molar-refractivity contribution is 6.12. The molecule has 0 N–H and O–H groups in total. The van der Waals surface area contributed by atoms with Crippen LogP contribution in [-0.4, -0.2) is 47.9 Å². The zero-order valence-electron chi connectivity index (χ0n) is 16.5. The van der Waals surface area contributed by atoms with Crippen LogP contribution in [0, 0.1) is 0 Å². The first-order chi connectivity index (χ1) is 13.6. The fourth-order valence-electron chi connectivity index (χ4n) is 3.03. The van der Waals surface area contributed by atoms with E-state index in [0.29, 0.717) is 51.2 Å². The number of rotatable bonds is 7. The van der Waals surface area contributed by atoms with Crippen molar-refractivity contribution in [3.63, 3.8) is 0 Å². The van der Waals surface area contributed by atoms with Gasteiger partial charge in [-0.1, -0.05) is 0 Å². The second-order valence-electron chi connectivity index (χ2n) is 5.94. The van der Waals surface area contributed by atoms with Crippen LogP contribution < -0.4 is 28.4 Å². The van der Waals surface area contributed by atoms with Crippen LogP contribution in [0.15, 0.2) is 29.8 Å². The van der Waals surface area contributed by atoms with E-state index in [-0.39, 0.29) is 12.4 Å². The largest absolute Gasteiger partial charge is 0.496 e. The third kappa shape index (κ3) is 3.43. The lowest BCUT2D eigenvalue weighted by molar-refractivity contribution is 0.102. The van der Waals surface area contributed by atoms with E-state index in [9.17, 15) is 4.79 Å². The quantitative estimate of drug-likeness (QED) is 0.676. The van der Waals surface area contributed by atoms with Gasteiger partial charge in [-0.2, -0.15) is 0 Å². The van der Waals surface area contributed by atoms with Crippen molar-refractivity contribution in [3.8, 4) is 34.5 Å². The highest BCUT2D eigenvalue weighted by atomic mass is 16.5. The SMILES string of the molecule is COc1cc(OC)c2c(c1)OCC(C(=O)c1cc(OC)c(OC)c(OC)c1)=C2. The van der Waals surface area contributed by atoms with Gasteiger partial charge in [-0.05, 0) is 18.2 Å². The number of benzene rings is 2. The summed E-state index contributed by atoms with van der Waals surface area (Å²) in [5.74, 6) is 2.80. The number of fused-ring (bicyclic) bond motifs is 1. The summed E-state index contributed by atoms with van der Waals surface area (Å²) in [5, 5.41) is 0. The van der Waals surface area contributed by atoms with Crippen LogP contribution in [0.4, 0.5) is 0 Å². The predicted molar refractivity (Wildman–Crippen MR) is 103 cm³/mol. The molecular weight excluding hydrogens is 364 g/mol. The molecule has 0 aromatic heterocycles. The zero-order valence-corrected chi connectivity index (χ0v) is 16.5. The topological polar surface area (TPSA) is 72.5 Å². The number of carbonyl (C=O) groups excluding carboxylic acids is 1. The minimum atomic E-state index is -0.206. The molecule has 0 saturated carbocycles. The molecule has 2 aromatic rings. The average Bonchev–Trinajstić information content (AvgIpc) is 2.76. The van der Waals surface area contributed by atoms with Gasteiger partial charge >= 0.3 is 0 Å². The van der Waals surface area contributed by atoms with Crippen LogP contribution in [0.5, 0.6) is 34.5 Å². The number of Topliss-reactive ketones (excluding diaryl/α,β-unsaturated/α-hetero) is 1. The van der Waals surface area contributed by atoms with Gasteiger partial charge in [0.05, 0.1) is 41.1 Å². The van der Waals surface area contributed by atoms with E-state index in [0.717, 1.165) is 0 Å². The van der Waals surface area contributed by atoms with Crippen molar-refractivity contribution in [1.29, 1.82) is 0 Å². The summed E-state index contributed by atoms with van der Waals surface area (Å²) < 4.78 is 32.4. The molecule has 1 heterocycles. The van der Waals surface area contributed by atoms with Gasteiger partial charge in [0.1, 0.15) is 23.9 Å². The fourth-order valence-corrected chi connectivity index (χ4v) is 3.03. The van der Waals surface area contributed by atoms with Crippen molar-refractivity contribution in [2.75, 3.05) is 42.2 Å². The van der Waals surface area contributed by atoms with E-state index in [1.165, 1.54) is 21.3 Å². The second-order valence-corrected chi connectivity index (χ2v) is 5.94. The van der Waals surface area contributed by atoms with Gasteiger partial charge in [0.25, 0.3) is 0 Å². The molecule has 7 nitrogen and oxygen atoms in total. The Kier molecular flexibility index (Phi) is 5.63. The number of hydrogen-bond acceptors (Lipinski definition) is 7. The minimum Gasteiger partial charge on any atom is -0.496 e. The molecule has 2 aromatic carbocycles. The molecule has 0 aliphatic carbocycles. The maximum atomic E-state index is 13.1. The van der Waals surface area contributed by atoms with Gasteiger partial charge in [-0.3, -0.25) is 4.79 Å². The van der Waals surface area contributed by atoms with E-state index in [4.69, 9.17) is 28.4 Å². The lowest BCUT2D eigenvalue weighted by Crippen LogP contribution is -2.16. The summed E-state index contributed by atoms with van der Waals surface area (Å²) in [4.78, 5) is 13.1. The van der Waals surface area contributed by atoms with Crippen LogP contribution in [0.25, 0.3) is 6.08 Å². The van der Waals surface area contributed by atoms with Gasteiger partial charge in [0.15, 0.2) is 17.3 Å². The van der Waals surface area contributed by atoms with E-state index in [2.05, 4.69) is 0 Å². The van der Waals surface area contributed by atoms with Gasteiger partial charge in [0.2, 0.25) is 5.75 Å². The highest BCUT2D eigenvalue weighted by Crippen LogP contribution is 2.41. The molecule has 0 fully saturated rings. The number of hydrogen-bond donors (Lipinski definition) is 0. The summed E-state index contributed by atoms with van der Waals surface area (Å²) in [6.07, 6.45) is 1.77. The lowest BCUT2D eigenvalue weighted by atomic mass is 9.98. The lowest BCUT2D eigenvalue weighted by Gasteiger charge is -2.21. The Morgan fingerprint density at radius 3 is 2.00 bits per heavy atom. The Bertz CT molecular complexity index is 906. The summed E-state index contributed by atoms with van der Waals surface area (Å²) in [6.45, 7) is 0.124. The van der Waals surface area contributed by atoms with E-state index >= 15 is 0 Å². The molecule has 148 valence electrons. The molecule has 0 atom stereocenters. The van der Waals surface area contributed by atoms with Crippen LogP contribution >= 0.6 is 0 Å². The third-order valence-electron chi connectivity index (χ3n) is 4.45. The zero-order chi connectivity index (χ0) is 20.3. The van der Waals surface area contributed by atoms with Gasteiger partial charge in [-0.15, -0.1) is 0 Å². The Morgan fingerprint density at radius 1 is 0.821 bits per heavy atom. The van der Waals surface area contributed by atoms with Crippen LogP contribution in [0.3, 0.4) is 0 Å². The Morgan fingerprint density at radius 2 is 1.46 bits per heavy atom. The minimum absolute atomic E-state index is 0.124. The van der Waals surface area contributed by atoms with E-state index in [1.54, 1.807) is 44.6 Å². The van der Waals surface area contributed by atoms with E-state index < -0.39 is 0 Å². The monoisotopic (exact) mass is 386 g/mol. The summed E-state index contributed by atoms with van der Waals surface area (Å²) >= 11 is 0. The molecular formula is C21H22O7. The third-order valence-corrected chi connectivity index (χ3v) is 4.45. The maximum absolute atomic E-state index is 13.1. The van der Waals surface area contributed by atoms with Gasteiger partial charge in [-0.25, -0.2) is 0 Å². The molecule has 1 aliphatic rings. The van der Waals surface area contributed by atoms with Crippen molar-refractivity contribution < 1.29 is 33.2 Å². The first-order valence-electron chi connectivity index (χ1n) is 8.50. The molecule has 0 radical (unpaired) electrons. The molecule has 0 saturated heterocycles. The van der Waals surface area contributed by atoms with Crippen molar-refractivity contribution >= 4 is 11.9 Å². The van der Waals surface area contributed by atoms with Gasteiger partial charge in [0, 0.05) is 23.3 Å². The second kappa shape index (κ2) is 8.12. The molecule has 7 heteroatoms. The molecule has 3 rings (SSSR count). The van der Waals surface area contributed by atoms with Crippen molar-refractivity contribution in [2.45, 2.75) is 0 Å². The standard InChI is InChI=1S/C21H22O7/c1-23-14-9-16(24-2)15-6-13(11-28-17(15)10-14)20(22)12-7-18(25-3)21(27-5)19(8-12)26-4/h6-10H,11H2,1-5H3. The Balaban J connectivity index is 2.04. The maximum Gasteiger partial charge on any atom is 0.203 e. The molecule has 0 unspecified atom stereocenters. The first-order valence-corrected chi connectivity index (χ1v) is 8.50. The summed E-state index contributed by atoms with van der Waals surface area (Å²) in [7, 11) is 7.64. The smallest absolute Gasteiger partial charge is 0.203 e. The Hall–Kier alpha value is -3.35. The molecule has 1 aliphatic heterocycles. The van der Waals surface area contributed by atoms with E-state index in [1.807, 2.05) is 0 Å². The number of ether oxygens (including phenoxy) is 6. The van der Waals surface area contributed by atoms with Crippen molar-refractivity contribution in [2.24, 2.45) is 0 Å². The van der Waals surface area contributed by atoms with Crippen molar-refractivity contribution in [3.05, 3.63) is 41.0 Å². The summed E-state index contributed by atoms with van der Waals surface area (Å²) in [6, 6.07) is 6.73. The highest BCUT2D eigenvalue weighted by Gasteiger charge is 2.24. The summed E-state index contributed by atoms with van der Waals surface area (Å²) in [5.41, 5.74) is 1.57. The Labute approximate surface area is 163 Å². The number of methoxy groups -OCH3 is 5. The number of carbonyl (C=O) groups is 1. The molecule has 0 spiro atoms. The van der Waals surface area contributed by atoms with Gasteiger partial charge < -0.3 is 28.4 Å². The molecule has 28 heavy (non-hydrogen) atoms. The van der Waals surface area contributed by atoms with Crippen LogP contribution in [0.1, 0.15) is 15.9 Å². The predicted octanol–water partition coefficient (Wildman–Crippen LogP) is 3.39. The number of ketones is 1. The molecule has 0 amide bonds. The van der Waals surface area contributed by atoms with Crippen molar-refractivity contribution in [1.82, 2.24) is 0 Å². The first kappa shape index (κ1) is 19.4. The fraction of sp³-hybridized carbons (Fsp3) is 0.286. The van der Waals surface area contributed by atoms with Crippen LogP contribution in [-0.2, 0) is 0 Å². The normalized spacial score (nSPS) is 12.2. The molecule has 0 bridgehead atoms. The van der Waals surface area contributed by atoms with Crippen LogP contribution in [0.2, 0.25) is 0 Å².